The van der Waals surface area contributed by atoms with Crippen LogP contribution >= 0.6 is 12.4 Å². The summed E-state index contributed by atoms with van der Waals surface area (Å²) in [5.74, 6) is -0.0685. The number of hydrogen-bond donors (Lipinski definition) is 2. The number of carbonyl (C=O) groups is 1. The molecular weight excluding hydrogens is 288 g/mol. The Bertz CT molecular complexity index is 392. The van der Waals surface area contributed by atoms with E-state index in [1.807, 2.05) is 12.1 Å². The summed E-state index contributed by atoms with van der Waals surface area (Å²) < 4.78 is 5.10. The molecule has 0 aliphatic carbocycles. The Morgan fingerprint density at radius 1 is 1.29 bits per heavy atom. The molecule has 0 heterocycles. The molecule has 1 rings (SSSR count). The van der Waals surface area contributed by atoms with Gasteiger partial charge in [-0.05, 0) is 30.5 Å². The molecule has 5 heteroatoms. The van der Waals surface area contributed by atoms with Gasteiger partial charge in [-0.2, -0.15) is 0 Å². The van der Waals surface area contributed by atoms with Gasteiger partial charge in [-0.3, -0.25) is 4.79 Å². The van der Waals surface area contributed by atoms with Crippen molar-refractivity contribution in [2.45, 2.75) is 45.1 Å². The first-order valence-electron chi connectivity index (χ1n) is 7.31. The van der Waals surface area contributed by atoms with Gasteiger partial charge in [0.1, 0.15) is 0 Å². The highest BCUT2D eigenvalue weighted by molar-refractivity contribution is 5.91. The Kier molecular flexibility index (Phi) is 10.9. The van der Waals surface area contributed by atoms with E-state index in [4.69, 9.17) is 10.5 Å². The maximum Gasteiger partial charge on any atom is 0.227 e. The lowest BCUT2D eigenvalue weighted by Gasteiger charge is -2.12. The van der Waals surface area contributed by atoms with Gasteiger partial charge < -0.3 is 15.8 Å². The van der Waals surface area contributed by atoms with E-state index in [0.29, 0.717) is 6.54 Å². The van der Waals surface area contributed by atoms with E-state index in [2.05, 4.69) is 24.4 Å². The standard InChI is InChI=1S/C16H26N2O2.ClH/c1-3-4-5-6-13-7-9-14(10-8-13)18-16(19)11-15(12-17)20-2;/h7-10,15H,3-6,11-12,17H2,1-2H3,(H,18,19);1H. The quantitative estimate of drug-likeness (QED) is 0.688. The number of unbranched alkanes of at least 4 members (excludes halogenated alkanes) is 2. The highest BCUT2D eigenvalue weighted by atomic mass is 35.5. The van der Waals surface area contributed by atoms with E-state index in [1.54, 1.807) is 7.11 Å². The summed E-state index contributed by atoms with van der Waals surface area (Å²) in [5.41, 5.74) is 7.63. The number of rotatable bonds is 9. The van der Waals surface area contributed by atoms with Gasteiger partial charge in [0.2, 0.25) is 5.91 Å². The summed E-state index contributed by atoms with van der Waals surface area (Å²) in [6, 6.07) is 8.04. The van der Waals surface area contributed by atoms with Gasteiger partial charge in [0.15, 0.2) is 0 Å². The van der Waals surface area contributed by atoms with Crippen LogP contribution < -0.4 is 11.1 Å². The van der Waals surface area contributed by atoms with Crippen molar-refractivity contribution in [2.75, 3.05) is 19.0 Å². The van der Waals surface area contributed by atoms with Crippen LogP contribution in [0.4, 0.5) is 5.69 Å². The summed E-state index contributed by atoms with van der Waals surface area (Å²) in [4.78, 5) is 11.8. The zero-order chi connectivity index (χ0) is 14.8. The van der Waals surface area contributed by atoms with Gasteiger partial charge in [0, 0.05) is 19.3 Å². The molecule has 0 fully saturated rings. The number of methoxy groups -OCH3 is 1. The number of carbonyl (C=O) groups excluding carboxylic acids is 1. The summed E-state index contributed by atoms with van der Waals surface area (Å²) in [6.07, 6.45) is 4.87. The molecule has 0 saturated heterocycles. The number of anilines is 1. The topological polar surface area (TPSA) is 64.4 Å². The van der Waals surface area contributed by atoms with E-state index in [9.17, 15) is 4.79 Å². The predicted octanol–water partition coefficient (Wildman–Crippen LogP) is 3.14. The van der Waals surface area contributed by atoms with Crippen LogP contribution in [0.1, 0.15) is 38.2 Å². The van der Waals surface area contributed by atoms with Crippen LogP contribution in [0.3, 0.4) is 0 Å². The van der Waals surface area contributed by atoms with Crippen molar-refractivity contribution in [3.05, 3.63) is 29.8 Å². The molecule has 21 heavy (non-hydrogen) atoms. The van der Waals surface area contributed by atoms with Gasteiger partial charge in [-0.25, -0.2) is 0 Å². The normalized spacial score (nSPS) is 11.6. The van der Waals surface area contributed by atoms with Gasteiger partial charge in [-0.1, -0.05) is 31.9 Å². The van der Waals surface area contributed by atoms with E-state index in [0.717, 1.165) is 12.1 Å². The predicted molar refractivity (Wildman–Crippen MR) is 90.0 cm³/mol. The van der Waals surface area contributed by atoms with Gasteiger partial charge in [0.05, 0.1) is 12.5 Å². The first kappa shape index (κ1) is 19.9. The first-order chi connectivity index (χ1) is 9.69. The zero-order valence-electron chi connectivity index (χ0n) is 12.9. The number of hydrogen-bond acceptors (Lipinski definition) is 3. The molecule has 4 nitrogen and oxygen atoms in total. The third kappa shape index (κ3) is 8.05. The van der Waals surface area contributed by atoms with Crippen molar-refractivity contribution in [3.8, 4) is 0 Å². The Balaban J connectivity index is 0.00000400. The molecule has 1 amide bonds. The molecule has 0 aromatic heterocycles. The first-order valence-corrected chi connectivity index (χ1v) is 7.31. The molecule has 0 spiro atoms. The van der Waals surface area contributed by atoms with Crippen LogP contribution in [0, 0.1) is 0 Å². The molecule has 0 radical (unpaired) electrons. The third-order valence-corrected chi connectivity index (χ3v) is 3.32. The van der Waals surface area contributed by atoms with Crippen LogP contribution in [0.15, 0.2) is 24.3 Å². The monoisotopic (exact) mass is 314 g/mol. The molecule has 0 saturated carbocycles. The van der Waals surface area contributed by atoms with Crippen molar-refractivity contribution >= 4 is 24.0 Å². The fourth-order valence-corrected chi connectivity index (χ4v) is 2.02. The van der Waals surface area contributed by atoms with Crippen LogP contribution in [0.2, 0.25) is 0 Å². The maximum atomic E-state index is 11.8. The van der Waals surface area contributed by atoms with Gasteiger partial charge in [0.25, 0.3) is 0 Å². The molecule has 1 aromatic carbocycles. The summed E-state index contributed by atoms with van der Waals surface area (Å²) in [7, 11) is 1.57. The number of ether oxygens (including phenoxy) is 1. The Morgan fingerprint density at radius 3 is 2.48 bits per heavy atom. The minimum atomic E-state index is -0.219. The van der Waals surface area contributed by atoms with E-state index in [-0.39, 0.29) is 30.8 Å². The van der Waals surface area contributed by atoms with E-state index >= 15 is 0 Å². The highest BCUT2D eigenvalue weighted by Crippen LogP contribution is 2.13. The lowest BCUT2D eigenvalue weighted by Crippen LogP contribution is -2.28. The SMILES string of the molecule is CCCCCc1ccc(NC(=O)CC(CN)OC)cc1.Cl. The van der Waals surface area contributed by atoms with Crippen LogP contribution in [0.25, 0.3) is 0 Å². The molecule has 0 bridgehead atoms. The second-order valence-electron chi connectivity index (χ2n) is 5.00. The van der Waals surface area contributed by atoms with Crippen LogP contribution in [-0.2, 0) is 16.0 Å². The molecule has 1 unspecified atom stereocenters. The molecule has 120 valence electrons. The Hall–Kier alpha value is -1.10. The molecule has 1 atom stereocenters. The summed E-state index contributed by atoms with van der Waals surface area (Å²) >= 11 is 0. The minimum absolute atomic E-state index is 0. The fourth-order valence-electron chi connectivity index (χ4n) is 2.02. The molecule has 3 N–H and O–H groups in total. The van der Waals surface area contributed by atoms with Crippen molar-refractivity contribution in [1.82, 2.24) is 0 Å². The molecule has 1 aromatic rings. The summed E-state index contributed by atoms with van der Waals surface area (Å²) in [5, 5.41) is 2.86. The van der Waals surface area contributed by atoms with E-state index < -0.39 is 0 Å². The Labute approximate surface area is 133 Å². The fraction of sp³-hybridized carbons (Fsp3) is 0.562. The molecule has 0 aliphatic rings. The van der Waals surface area contributed by atoms with Gasteiger partial charge >= 0.3 is 0 Å². The van der Waals surface area contributed by atoms with Crippen LogP contribution in [-0.4, -0.2) is 25.7 Å². The van der Waals surface area contributed by atoms with Crippen molar-refractivity contribution in [1.29, 1.82) is 0 Å². The second kappa shape index (κ2) is 11.5. The van der Waals surface area contributed by atoms with Gasteiger partial charge in [-0.15, -0.1) is 12.4 Å². The van der Waals surface area contributed by atoms with Crippen molar-refractivity contribution < 1.29 is 9.53 Å². The number of amides is 1. The number of halogens is 1. The second-order valence-corrected chi connectivity index (χ2v) is 5.00. The smallest absolute Gasteiger partial charge is 0.227 e. The largest absolute Gasteiger partial charge is 0.380 e. The molecule has 0 aliphatic heterocycles. The van der Waals surface area contributed by atoms with Crippen molar-refractivity contribution in [2.24, 2.45) is 5.73 Å². The lowest BCUT2D eigenvalue weighted by atomic mass is 10.1. The lowest BCUT2D eigenvalue weighted by molar-refractivity contribution is -0.118. The summed E-state index contributed by atoms with van der Waals surface area (Å²) in [6.45, 7) is 2.55. The minimum Gasteiger partial charge on any atom is -0.380 e. The van der Waals surface area contributed by atoms with E-state index in [1.165, 1.54) is 24.8 Å². The molecular formula is C16H27ClN2O2. The number of nitrogens with one attached hydrogen (secondary N) is 1. The highest BCUT2D eigenvalue weighted by Gasteiger charge is 2.11. The third-order valence-electron chi connectivity index (χ3n) is 3.32. The van der Waals surface area contributed by atoms with Crippen LogP contribution in [0.5, 0.6) is 0 Å². The Morgan fingerprint density at radius 2 is 1.95 bits per heavy atom. The maximum absolute atomic E-state index is 11.8. The number of benzene rings is 1. The van der Waals surface area contributed by atoms with Crippen molar-refractivity contribution in [3.63, 3.8) is 0 Å². The number of aryl methyl sites for hydroxylation is 1. The number of nitrogens with two attached hydrogens (primary N) is 1. The zero-order valence-corrected chi connectivity index (χ0v) is 13.7. The average Bonchev–Trinajstić information content (AvgIpc) is 2.47. The average molecular weight is 315 g/mol.